The number of esters is 1. The average Bonchev–Trinajstić information content (AvgIpc) is 3.43. The van der Waals surface area contributed by atoms with Gasteiger partial charge in [-0.15, -0.1) is 0 Å². The number of aliphatic hydroxyl groups excluding tert-OH is 1. The maximum Gasteiger partial charge on any atom is 0.350 e. The molecule has 0 aliphatic carbocycles. The molecule has 0 bridgehead atoms. The molecule has 4 rings (SSSR count). The molecule has 1 N–H and O–H groups in total. The number of aromatic nitrogens is 1. The summed E-state index contributed by atoms with van der Waals surface area (Å²) in [6.07, 6.45) is 2.27. The third kappa shape index (κ3) is 4.84. The van der Waals surface area contributed by atoms with Gasteiger partial charge in [0.05, 0.1) is 24.4 Å². The van der Waals surface area contributed by atoms with E-state index in [4.69, 9.17) is 9.47 Å². The van der Waals surface area contributed by atoms with Gasteiger partial charge in [0.25, 0.3) is 5.78 Å². The number of amides is 1. The zero-order chi connectivity index (χ0) is 27.6. The number of carbonyl (C=O) groups excluding carboxylic acids is 3. The highest BCUT2D eigenvalue weighted by atomic mass is 32.1. The highest BCUT2D eigenvalue weighted by molar-refractivity contribution is 7.17. The van der Waals surface area contributed by atoms with Crippen LogP contribution in [0.2, 0.25) is 0 Å². The molecule has 1 atom stereocenters. The van der Waals surface area contributed by atoms with Crippen molar-refractivity contribution in [1.82, 2.24) is 4.98 Å². The Balaban J connectivity index is 1.89. The Bertz CT molecular complexity index is 1450. The smallest absolute Gasteiger partial charge is 0.350 e. The first-order chi connectivity index (χ1) is 18.2. The molecule has 9 heteroatoms. The number of rotatable bonds is 8. The standard InChI is InChI=1S/C29H28N2O6S/c1-6-14-37-28(35)26-17(4)30-29(38-26)31-23(19-10-8-18(7-2)9-11-19)22(25(33)27(31)34)24(32)20-12-13-21(36-5)16(3)15-20/h6,8-13,15,23,32H,1,7,14H2,2-5H3/t23-/m1/s1. The predicted octanol–water partition coefficient (Wildman–Crippen LogP) is 5.30. The van der Waals surface area contributed by atoms with Gasteiger partial charge in [0.15, 0.2) is 5.13 Å². The van der Waals surface area contributed by atoms with E-state index in [9.17, 15) is 19.5 Å². The largest absolute Gasteiger partial charge is 0.507 e. The van der Waals surface area contributed by atoms with Gasteiger partial charge in [0, 0.05) is 5.56 Å². The number of benzene rings is 2. The molecule has 3 aromatic rings. The van der Waals surface area contributed by atoms with Crippen LogP contribution in [0.5, 0.6) is 5.75 Å². The predicted molar refractivity (Wildman–Crippen MR) is 146 cm³/mol. The number of Topliss-reactive ketones (excluding diaryl/α,β-unsaturated/α-hetero) is 1. The molecule has 1 aliphatic heterocycles. The van der Waals surface area contributed by atoms with Crippen LogP contribution in [-0.4, -0.2) is 41.5 Å². The van der Waals surface area contributed by atoms with E-state index in [0.717, 1.165) is 28.9 Å². The number of ether oxygens (including phenoxy) is 2. The minimum absolute atomic E-state index is 0.0288. The fraction of sp³-hybridized carbons (Fsp3) is 0.241. The Labute approximate surface area is 224 Å². The van der Waals surface area contributed by atoms with Crippen LogP contribution in [0.15, 0.2) is 60.7 Å². The first-order valence-corrected chi connectivity index (χ1v) is 12.8. The summed E-state index contributed by atoms with van der Waals surface area (Å²) in [6, 6.07) is 11.6. The number of hydrogen-bond acceptors (Lipinski definition) is 8. The lowest BCUT2D eigenvalue weighted by molar-refractivity contribution is -0.132. The van der Waals surface area contributed by atoms with Crippen molar-refractivity contribution in [2.75, 3.05) is 18.6 Å². The SMILES string of the molecule is C=CCOC(=O)c1sc(N2C(=O)C(=O)C(=C(O)c3ccc(OC)c(C)c3)[C@H]2c2ccc(CC)cc2)nc1C. The van der Waals surface area contributed by atoms with E-state index in [1.165, 1.54) is 11.0 Å². The molecule has 0 radical (unpaired) electrons. The van der Waals surface area contributed by atoms with Gasteiger partial charge in [0.1, 0.15) is 23.0 Å². The molecule has 0 spiro atoms. The highest BCUT2D eigenvalue weighted by Crippen LogP contribution is 2.44. The fourth-order valence-electron chi connectivity index (χ4n) is 4.34. The number of ketones is 1. The molecular formula is C29H28N2O6S. The van der Waals surface area contributed by atoms with Crippen molar-refractivity contribution < 1.29 is 29.0 Å². The second kappa shape index (κ2) is 11.0. The molecule has 0 unspecified atom stereocenters. The van der Waals surface area contributed by atoms with Gasteiger partial charge in [-0.05, 0) is 55.2 Å². The zero-order valence-electron chi connectivity index (χ0n) is 21.6. The van der Waals surface area contributed by atoms with E-state index in [1.54, 1.807) is 32.2 Å². The van der Waals surface area contributed by atoms with Crippen LogP contribution in [0.1, 0.15) is 50.6 Å². The molecule has 8 nitrogen and oxygen atoms in total. The molecule has 2 aromatic carbocycles. The molecule has 1 saturated heterocycles. The summed E-state index contributed by atoms with van der Waals surface area (Å²) in [5.74, 6) is -1.96. The minimum atomic E-state index is -0.953. The molecule has 1 amide bonds. The average molecular weight is 533 g/mol. The fourth-order valence-corrected chi connectivity index (χ4v) is 5.32. The molecule has 38 heavy (non-hydrogen) atoms. The third-order valence-corrected chi connectivity index (χ3v) is 7.46. The Morgan fingerprint density at radius 3 is 2.50 bits per heavy atom. The van der Waals surface area contributed by atoms with Crippen LogP contribution in [-0.2, 0) is 20.7 Å². The minimum Gasteiger partial charge on any atom is -0.507 e. The molecular weight excluding hydrogens is 504 g/mol. The van der Waals surface area contributed by atoms with Crippen LogP contribution in [0, 0.1) is 13.8 Å². The number of carbonyl (C=O) groups is 3. The third-order valence-electron chi connectivity index (χ3n) is 6.33. The number of aryl methyl sites for hydroxylation is 3. The number of nitrogens with zero attached hydrogens (tertiary/aromatic N) is 2. The molecule has 2 heterocycles. The van der Waals surface area contributed by atoms with Crippen molar-refractivity contribution in [3.63, 3.8) is 0 Å². The van der Waals surface area contributed by atoms with Crippen molar-refractivity contribution in [3.05, 3.63) is 93.5 Å². The normalized spacial score (nSPS) is 16.5. The van der Waals surface area contributed by atoms with E-state index >= 15 is 0 Å². The van der Waals surface area contributed by atoms with Crippen molar-refractivity contribution >= 4 is 39.9 Å². The first-order valence-electron chi connectivity index (χ1n) is 12.0. The van der Waals surface area contributed by atoms with E-state index < -0.39 is 23.7 Å². The lowest BCUT2D eigenvalue weighted by Gasteiger charge is -2.23. The highest BCUT2D eigenvalue weighted by Gasteiger charge is 2.48. The molecule has 1 fully saturated rings. The van der Waals surface area contributed by atoms with Crippen LogP contribution in [0.25, 0.3) is 5.76 Å². The monoisotopic (exact) mass is 532 g/mol. The summed E-state index contributed by atoms with van der Waals surface area (Å²) in [4.78, 5) is 45.3. The van der Waals surface area contributed by atoms with Crippen molar-refractivity contribution in [3.8, 4) is 5.75 Å². The lowest BCUT2D eigenvalue weighted by Crippen LogP contribution is -2.29. The number of aliphatic hydroxyl groups is 1. The summed E-state index contributed by atoms with van der Waals surface area (Å²) >= 11 is 0.956. The summed E-state index contributed by atoms with van der Waals surface area (Å²) in [7, 11) is 1.55. The van der Waals surface area contributed by atoms with Crippen LogP contribution in [0.4, 0.5) is 5.13 Å². The van der Waals surface area contributed by atoms with Gasteiger partial charge in [-0.2, -0.15) is 0 Å². The molecule has 0 saturated carbocycles. The first kappa shape index (κ1) is 26.8. The van der Waals surface area contributed by atoms with Crippen LogP contribution in [0.3, 0.4) is 0 Å². The van der Waals surface area contributed by atoms with Gasteiger partial charge in [-0.3, -0.25) is 14.5 Å². The van der Waals surface area contributed by atoms with Crippen molar-refractivity contribution in [2.24, 2.45) is 0 Å². The summed E-state index contributed by atoms with van der Waals surface area (Å²) in [5.41, 5.74) is 3.14. The van der Waals surface area contributed by atoms with Gasteiger partial charge in [-0.25, -0.2) is 9.78 Å². The molecule has 196 valence electrons. The van der Waals surface area contributed by atoms with E-state index in [2.05, 4.69) is 11.6 Å². The molecule has 1 aromatic heterocycles. The number of anilines is 1. The van der Waals surface area contributed by atoms with Gasteiger partial charge in [-0.1, -0.05) is 55.2 Å². The topological polar surface area (TPSA) is 106 Å². The summed E-state index contributed by atoms with van der Waals surface area (Å²) in [5, 5.41) is 11.5. The zero-order valence-corrected chi connectivity index (χ0v) is 22.4. The number of hydrogen-bond donors (Lipinski definition) is 1. The second-order valence-corrected chi connectivity index (χ2v) is 9.72. The Hall–Kier alpha value is -4.24. The van der Waals surface area contributed by atoms with Crippen molar-refractivity contribution in [2.45, 2.75) is 33.2 Å². The summed E-state index contributed by atoms with van der Waals surface area (Å²) < 4.78 is 10.5. The summed E-state index contributed by atoms with van der Waals surface area (Å²) in [6.45, 7) is 9.05. The maximum absolute atomic E-state index is 13.4. The van der Waals surface area contributed by atoms with Crippen LogP contribution >= 0.6 is 11.3 Å². The Morgan fingerprint density at radius 1 is 1.18 bits per heavy atom. The Kier molecular flexibility index (Phi) is 7.78. The number of thiazole rings is 1. The lowest BCUT2D eigenvalue weighted by atomic mass is 9.94. The second-order valence-electron chi connectivity index (χ2n) is 8.75. The van der Waals surface area contributed by atoms with Gasteiger partial charge >= 0.3 is 11.9 Å². The Morgan fingerprint density at radius 2 is 1.89 bits per heavy atom. The van der Waals surface area contributed by atoms with E-state index in [-0.39, 0.29) is 27.9 Å². The van der Waals surface area contributed by atoms with Crippen LogP contribution < -0.4 is 9.64 Å². The van der Waals surface area contributed by atoms with E-state index in [0.29, 0.717) is 22.6 Å². The maximum atomic E-state index is 13.4. The van der Waals surface area contributed by atoms with Crippen molar-refractivity contribution in [1.29, 1.82) is 0 Å². The van der Waals surface area contributed by atoms with E-state index in [1.807, 2.05) is 38.1 Å². The quantitative estimate of drug-likeness (QED) is 0.138. The molecule has 1 aliphatic rings. The number of methoxy groups -OCH3 is 1. The van der Waals surface area contributed by atoms with Gasteiger partial charge in [0.2, 0.25) is 0 Å². The van der Waals surface area contributed by atoms with Gasteiger partial charge < -0.3 is 14.6 Å².